The van der Waals surface area contributed by atoms with Gasteiger partial charge in [0.15, 0.2) is 0 Å². The van der Waals surface area contributed by atoms with Crippen LogP contribution in [-0.4, -0.2) is 53.3 Å². The molecule has 0 fully saturated rings. The SMILES string of the molecule is C=CCCCCOCCC(F)(C(=O)OCc1ccccc1)N(C(=O)OC(C)(C)C)C(=O)OC(C)(C)C. The van der Waals surface area contributed by atoms with Gasteiger partial charge >= 0.3 is 18.2 Å². The molecule has 0 saturated heterocycles. The molecule has 1 aromatic carbocycles. The minimum atomic E-state index is -3.24. The second kappa shape index (κ2) is 14.0. The minimum absolute atomic E-state index is 0.0535. The normalized spacial score (nSPS) is 13.3. The number of allylic oxidation sites excluding steroid dienone is 1. The van der Waals surface area contributed by atoms with Gasteiger partial charge in [0.2, 0.25) is 0 Å². The Hall–Kier alpha value is -2.94. The van der Waals surface area contributed by atoms with Crippen molar-refractivity contribution in [3.63, 3.8) is 0 Å². The number of carbonyl (C=O) groups is 3. The highest BCUT2D eigenvalue weighted by Crippen LogP contribution is 2.29. The summed E-state index contributed by atoms with van der Waals surface area (Å²) < 4.78 is 37.8. The van der Waals surface area contributed by atoms with Gasteiger partial charge in [0.1, 0.15) is 17.8 Å². The van der Waals surface area contributed by atoms with Crippen molar-refractivity contribution < 1.29 is 37.7 Å². The Morgan fingerprint density at radius 3 is 1.97 bits per heavy atom. The highest BCUT2D eigenvalue weighted by Gasteiger charge is 2.55. The lowest BCUT2D eigenvalue weighted by Crippen LogP contribution is -2.59. The molecule has 36 heavy (non-hydrogen) atoms. The van der Waals surface area contributed by atoms with E-state index in [2.05, 4.69) is 6.58 Å². The minimum Gasteiger partial charge on any atom is -0.457 e. The number of ether oxygens (including phenoxy) is 4. The Morgan fingerprint density at radius 1 is 0.917 bits per heavy atom. The number of imide groups is 1. The molecule has 1 aromatic rings. The molecule has 1 atom stereocenters. The van der Waals surface area contributed by atoms with E-state index in [0.29, 0.717) is 18.6 Å². The van der Waals surface area contributed by atoms with Crippen molar-refractivity contribution in [1.82, 2.24) is 4.90 Å². The number of hydrogen-bond acceptors (Lipinski definition) is 7. The number of halogens is 1. The van der Waals surface area contributed by atoms with Crippen molar-refractivity contribution in [1.29, 1.82) is 0 Å². The maximum absolute atomic E-state index is 16.6. The maximum atomic E-state index is 16.6. The quantitative estimate of drug-likeness (QED) is 0.107. The number of amides is 2. The van der Waals surface area contributed by atoms with E-state index in [1.54, 1.807) is 78.0 Å². The number of nitrogens with zero attached hydrogens (tertiary/aromatic N) is 1. The van der Waals surface area contributed by atoms with Crippen LogP contribution >= 0.6 is 0 Å². The van der Waals surface area contributed by atoms with Gasteiger partial charge in [0, 0.05) is 13.0 Å². The lowest BCUT2D eigenvalue weighted by atomic mass is 10.1. The first-order valence-electron chi connectivity index (χ1n) is 12.0. The van der Waals surface area contributed by atoms with Crippen LogP contribution in [0.15, 0.2) is 43.0 Å². The largest absolute Gasteiger partial charge is 0.457 e. The zero-order valence-electron chi connectivity index (χ0n) is 22.3. The van der Waals surface area contributed by atoms with Gasteiger partial charge in [0.05, 0.1) is 6.61 Å². The Morgan fingerprint density at radius 2 is 1.47 bits per heavy atom. The summed E-state index contributed by atoms with van der Waals surface area (Å²) in [5, 5.41) is 0. The highest BCUT2D eigenvalue weighted by atomic mass is 19.1. The van der Waals surface area contributed by atoms with E-state index in [0.717, 1.165) is 12.8 Å². The summed E-state index contributed by atoms with van der Waals surface area (Å²) in [5.41, 5.74) is -1.55. The van der Waals surface area contributed by atoms with Crippen LogP contribution in [0, 0.1) is 0 Å². The molecule has 0 aliphatic rings. The Balaban J connectivity index is 3.23. The topological polar surface area (TPSA) is 91.4 Å². The summed E-state index contributed by atoms with van der Waals surface area (Å²) in [4.78, 5) is 39.2. The number of alkyl halides is 1. The van der Waals surface area contributed by atoms with Gasteiger partial charge in [0.25, 0.3) is 5.79 Å². The molecule has 0 aliphatic heterocycles. The molecule has 0 spiro atoms. The summed E-state index contributed by atoms with van der Waals surface area (Å²) in [6.07, 6.45) is 0.725. The van der Waals surface area contributed by atoms with Crippen LogP contribution < -0.4 is 0 Å². The van der Waals surface area contributed by atoms with Crippen LogP contribution in [0.1, 0.15) is 72.8 Å². The van der Waals surface area contributed by atoms with E-state index in [1.165, 1.54) is 0 Å². The number of carbonyl (C=O) groups excluding carboxylic acids is 3. The van der Waals surface area contributed by atoms with Gasteiger partial charge in [-0.15, -0.1) is 6.58 Å². The third kappa shape index (κ3) is 11.2. The van der Waals surface area contributed by atoms with Crippen LogP contribution in [-0.2, 0) is 30.3 Å². The standard InChI is InChI=1S/C27H40FNO7/c1-8-9-10-14-18-33-19-17-27(28,22(30)34-20-21-15-12-11-13-16-21)29(23(31)35-25(2,3)4)24(32)36-26(5,6)7/h8,11-13,15-16H,1,9-10,14,17-20H2,2-7H3. The molecule has 2 amide bonds. The summed E-state index contributed by atoms with van der Waals surface area (Å²) >= 11 is 0. The van der Waals surface area contributed by atoms with Crippen molar-refractivity contribution in [2.75, 3.05) is 13.2 Å². The van der Waals surface area contributed by atoms with Gasteiger partial charge in [-0.2, -0.15) is 4.90 Å². The second-order valence-corrected chi connectivity index (χ2v) is 10.3. The summed E-state index contributed by atoms with van der Waals surface area (Å²) in [5.74, 6) is -4.67. The fraction of sp³-hybridized carbons (Fsp3) is 0.593. The van der Waals surface area contributed by atoms with Crippen molar-refractivity contribution in [3.05, 3.63) is 48.6 Å². The third-order valence-electron chi connectivity index (χ3n) is 4.56. The number of rotatable bonds is 12. The van der Waals surface area contributed by atoms with Gasteiger partial charge in [-0.25, -0.2) is 18.8 Å². The lowest BCUT2D eigenvalue weighted by Gasteiger charge is -2.35. The van der Waals surface area contributed by atoms with E-state index >= 15 is 4.39 Å². The first-order valence-corrected chi connectivity index (χ1v) is 12.0. The van der Waals surface area contributed by atoms with Crippen molar-refractivity contribution in [3.8, 4) is 0 Å². The van der Waals surface area contributed by atoms with E-state index in [4.69, 9.17) is 18.9 Å². The molecule has 0 bridgehead atoms. The van der Waals surface area contributed by atoms with E-state index in [9.17, 15) is 14.4 Å². The zero-order chi connectivity index (χ0) is 27.4. The van der Waals surface area contributed by atoms with Crippen LogP contribution in [0.5, 0.6) is 0 Å². The maximum Gasteiger partial charge on any atom is 0.423 e. The predicted molar refractivity (Wildman–Crippen MR) is 134 cm³/mol. The first-order chi connectivity index (χ1) is 16.7. The lowest BCUT2D eigenvalue weighted by molar-refractivity contribution is -0.175. The zero-order valence-corrected chi connectivity index (χ0v) is 22.3. The average Bonchev–Trinajstić information content (AvgIpc) is 2.75. The molecule has 0 saturated carbocycles. The second-order valence-electron chi connectivity index (χ2n) is 10.3. The van der Waals surface area contributed by atoms with Crippen molar-refractivity contribution >= 4 is 18.2 Å². The summed E-state index contributed by atoms with van der Waals surface area (Å²) in [6.45, 7) is 12.8. The fourth-order valence-electron chi connectivity index (χ4n) is 2.92. The van der Waals surface area contributed by atoms with E-state index in [-0.39, 0.29) is 18.1 Å². The Kier molecular flexibility index (Phi) is 12.1. The fourth-order valence-corrected chi connectivity index (χ4v) is 2.92. The van der Waals surface area contributed by atoms with Gasteiger partial charge in [-0.1, -0.05) is 36.4 Å². The molecule has 202 valence electrons. The molecule has 0 aromatic heterocycles. The van der Waals surface area contributed by atoms with Crippen LogP contribution in [0.4, 0.5) is 14.0 Å². The molecule has 0 aliphatic carbocycles. The smallest absolute Gasteiger partial charge is 0.423 e. The van der Waals surface area contributed by atoms with Crippen LogP contribution in [0.2, 0.25) is 0 Å². The number of unbranched alkanes of at least 4 members (excludes halogenated alkanes) is 2. The van der Waals surface area contributed by atoms with Crippen molar-refractivity contribution in [2.45, 2.75) is 90.8 Å². The molecule has 0 radical (unpaired) electrons. The molecule has 1 rings (SSSR count). The molecule has 1 unspecified atom stereocenters. The van der Waals surface area contributed by atoms with Crippen LogP contribution in [0.25, 0.3) is 0 Å². The Bertz CT molecular complexity index is 833. The Labute approximate surface area is 213 Å². The van der Waals surface area contributed by atoms with E-state index < -0.39 is 41.6 Å². The molecule has 9 heteroatoms. The molecular weight excluding hydrogens is 469 g/mol. The number of benzene rings is 1. The third-order valence-corrected chi connectivity index (χ3v) is 4.56. The average molecular weight is 510 g/mol. The van der Waals surface area contributed by atoms with Gasteiger partial charge < -0.3 is 18.9 Å². The monoisotopic (exact) mass is 509 g/mol. The first kappa shape index (κ1) is 31.1. The predicted octanol–water partition coefficient (Wildman–Crippen LogP) is 6.33. The van der Waals surface area contributed by atoms with Crippen molar-refractivity contribution in [2.24, 2.45) is 0 Å². The summed E-state index contributed by atoms with van der Waals surface area (Å²) in [7, 11) is 0. The molecular formula is C27H40FNO7. The van der Waals surface area contributed by atoms with E-state index in [1.807, 2.05) is 0 Å². The summed E-state index contributed by atoms with van der Waals surface area (Å²) in [6, 6.07) is 8.64. The number of esters is 1. The molecule has 8 nitrogen and oxygen atoms in total. The molecule has 0 heterocycles. The number of hydrogen-bond donors (Lipinski definition) is 0. The molecule has 0 N–H and O–H groups in total. The van der Waals surface area contributed by atoms with Gasteiger partial charge in [-0.3, -0.25) is 0 Å². The highest BCUT2D eigenvalue weighted by molar-refractivity contribution is 5.95. The van der Waals surface area contributed by atoms with Gasteiger partial charge in [-0.05, 0) is 66.4 Å². The van der Waals surface area contributed by atoms with Crippen LogP contribution in [0.3, 0.4) is 0 Å².